The standard InChI is InChI=1S/C58H41N.C4H8/c1-2-39-23-33-55-51(35-39)52-36-47(30-34-56(52)59(55)48-21-13-6-14-22-48)42-24-26-44(27-25-42)58-50-32-29-45(40-15-7-3-8-16-40)37-53(50)57(43-19-11-5-12-20-43)49-31-28-46(38-54(49)58)41-17-9-4-10-18-41;1-3-4-2/h3-38H,2H2,1H3;3-4H,1-2H3/b;4-3-. The maximum Gasteiger partial charge on any atom is 0.0541 e. The molecule has 11 aromatic rings. The highest BCUT2D eigenvalue weighted by Crippen LogP contribution is 2.46. The first-order chi connectivity index (χ1) is 31.1. The molecule has 0 fully saturated rings. The second kappa shape index (κ2) is 17.3. The van der Waals surface area contributed by atoms with E-state index in [-0.39, 0.29) is 0 Å². The zero-order valence-corrected chi connectivity index (χ0v) is 36.1. The Hall–Kier alpha value is -7.74. The molecule has 10 aromatic carbocycles. The Morgan fingerprint density at radius 3 is 1.17 bits per heavy atom. The molecule has 0 saturated heterocycles. The number of hydrogen-bond donors (Lipinski definition) is 0. The zero-order valence-electron chi connectivity index (χ0n) is 36.1. The van der Waals surface area contributed by atoms with Crippen LogP contribution in [0.4, 0.5) is 0 Å². The van der Waals surface area contributed by atoms with Crippen LogP contribution in [0.1, 0.15) is 26.3 Å². The Kier molecular flexibility index (Phi) is 10.8. The molecule has 11 rings (SSSR count). The van der Waals surface area contributed by atoms with Gasteiger partial charge in [-0.1, -0.05) is 189 Å². The molecule has 0 aliphatic heterocycles. The van der Waals surface area contributed by atoms with Gasteiger partial charge in [0.05, 0.1) is 11.0 Å². The topological polar surface area (TPSA) is 4.93 Å². The molecule has 1 heteroatoms. The molecule has 0 N–H and O–H groups in total. The number of aryl methyl sites for hydroxylation is 1. The molecule has 0 amide bonds. The zero-order chi connectivity index (χ0) is 42.7. The Labute approximate surface area is 370 Å². The molecule has 63 heavy (non-hydrogen) atoms. The fraction of sp³-hybridized carbons (Fsp3) is 0.0645. The Morgan fingerprint density at radius 1 is 0.317 bits per heavy atom. The van der Waals surface area contributed by atoms with Crippen LogP contribution in [-0.2, 0) is 6.42 Å². The number of fused-ring (bicyclic) bond motifs is 5. The summed E-state index contributed by atoms with van der Waals surface area (Å²) in [6.07, 6.45) is 5.01. The molecule has 1 heterocycles. The van der Waals surface area contributed by atoms with E-state index < -0.39 is 0 Å². The van der Waals surface area contributed by atoms with Crippen LogP contribution in [-0.4, -0.2) is 4.57 Å². The first-order valence-corrected chi connectivity index (χ1v) is 22.1. The fourth-order valence-corrected chi connectivity index (χ4v) is 9.23. The van der Waals surface area contributed by atoms with Gasteiger partial charge in [0, 0.05) is 16.5 Å². The van der Waals surface area contributed by atoms with Gasteiger partial charge in [-0.2, -0.15) is 0 Å². The third-order valence-corrected chi connectivity index (χ3v) is 12.5. The fourth-order valence-electron chi connectivity index (χ4n) is 9.23. The highest BCUT2D eigenvalue weighted by atomic mass is 15.0. The van der Waals surface area contributed by atoms with Gasteiger partial charge in [0.15, 0.2) is 0 Å². The average Bonchev–Trinajstić information content (AvgIpc) is 3.69. The first kappa shape index (κ1) is 39.4. The average molecular weight is 808 g/mol. The van der Waals surface area contributed by atoms with Crippen molar-refractivity contribution in [2.45, 2.75) is 27.2 Å². The van der Waals surface area contributed by atoms with Crippen LogP contribution >= 0.6 is 0 Å². The number of rotatable bonds is 7. The monoisotopic (exact) mass is 807 g/mol. The Balaban J connectivity index is 0.00000113. The van der Waals surface area contributed by atoms with E-state index >= 15 is 0 Å². The summed E-state index contributed by atoms with van der Waals surface area (Å²) in [4.78, 5) is 0. The molecular weight excluding hydrogens is 759 g/mol. The molecule has 0 unspecified atom stereocenters. The number of benzene rings is 10. The molecule has 0 spiro atoms. The van der Waals surface area contributed by atoms with E-state index in [9.17, 15) is 0 Å². The minimum absolute atomic E-state index is 1.01. The summed E-state index contributed by atoms with van der Waals surface area (Å²) in [6.45, 7) is 6.23. The van der Waals surface area contributed by atoms with Gasteiger partial charge in [-0.05, 0) is 152 Å². The van der Waals surface area contributed by atoms with Crippen LogP contribution in [0.3, 0.4) is 0 Å². The van der Waals surface area contributed by atoms with E-state index in [1.165, 1.54) is 110 Å². The van der Waals surface area contributed by atoms with Gasteiger partial charge in [-0.25, -0.2) is 0 Å². The van der Waals surface area contributed by atoms with Gasteiger partial charge in [-0.15, -0.1) is 0 Å². The molecule has 0 aliphatic carbocycles. The van der Waals surface area contributed by atoms with E-state index in [1.807, 2.05) is 26.0 Å². The lowest BCUT2D eigenvalue weighted by molar-refractivity contribution is 1.14. The molecule has 1 nitrogen and oxygen atoms in total. The van der Waals surface area contributed by atoms with Crippen molar-refractivity contribution in [2.75, 3.05) is 0 Å². The number of para-hydroxylation sites is 1. The van der Waals surface area contributed by atoms with Crippen LogP contribution < -0.4 is 0 Å². The van der Waals surface area contributed by atoms with Gasteiger partial charge in [0.25, 0.3) is 0 Å². The van der Waals surface area contributed by atoms with Crippen molar-refractivity contribution in [1.29, 1.82) is 0 Å². The summed E-state index contributed by atoms with van der Waals surface area (Å²) >= 11 is 0. The molecular formula is C62H49N. The van der Waals surface area contributed by atoms with Crippen molar-refractivity contribution in [3.05, 3.63) is 236 Å². The van der Waals surface area contributed by atoms with Crippen LogP contribution in [0, 0.1) is 0 Å². The molecule has 0 atom stereocenters. The summed E-state index contributed by atoms with van der Waals surface area (Å²) in [5, 5.41) is 7.57. The molecule has 302 valence electrons. The van der Waals surface area contributed by atoms with Crippen molar-refractivity contribution in [1.82, 2.24) is 4.57 Å². The summed E-state index contributed by atoms with van der Waals surface area (Å²) in [6, 6.07) is 80.4. The normalized spacial score (nSPS) is 11.4. The van der Waals surface area contributed by atoms with Crippen LogP contribution in [0.5, 0.6) is 0 Å². The predicted octanol–water partition coefficient (Wildman–Crippen LogP) is 17.6. The van der Waals surface area contributed by atoms with Crippen molar-refractivity contribution in [2.24, 2.45) is 0 Å². The molecule has 1 aromatic heterocycles. The van der Waals surface area contributed by atoms with Gasteiger partial charge in [-0.3, -0.25) is 0 Å². The molecule has 0 aliphatic rings. The van der Waals surface area contributed by atoms with Crippen LogP contribution in [0.25, 0.3) is 105 Å². The predicted molar refractivity (Wildman–Crippen MR) is 273 cm³/mol. The second-order valence-corrected chi connectivity index (χ2v) is 16.2. The third-order valence-electron chi connectivity index (χ3n) is 12.5. The lowest BCUT2D eigenvalue weighted by atomic mass is 9.83. The maximum atomic E-state index is 2.41. The minimum Gasteiger partial charge on any atom is -0.309 e. The van der Waals surface area contributed by atoms with Crippen LogP contribution in [0.2, 0.25) is 0 Å². The summed E-state index contributed by atoms with van der Waals surface area (Å²) in [5.74, 6) is 0. The van der Waals surface area contributed by atoms with Gasteiger partial charge >= 0.3 is 0 Å². The van der Waals surface area contributed by atoms with Gasteiger partial charge < -0.3 is 4.57 Å². The van der Waals surface area contributed by atoms with Crippen molar-refractivity contribution >= 4 is 43.4 Å². The van der Waals surface area contributed by atoms with Crippen molar-refractivity contribution in [3.8, 4) is 61.3 Å². The Bertz CT molecular complexity index is 3390. The number of allylic oxidation sites excluding steroid dienone is 2. The summed E-state index contributed by atoms with van der Waals surface area (Å²) < 4.78 is 2.40. The number of hydrogen-bond acceptors (Lipinski definition) is 0. The largest absolute Gasteiger partial charge is 0.309 e. The lowest BCUT2D eigenvalue weighted by Crippen LogP contribution is -1.93. The first-order valence-electron chi connectivity index (χ1n) is 22.1. The van der Waals surface area contributed by atoms with E-state index in [1.54, 1.807) is 0 Å². The van der Waals surface area contributed by atoms with Crippen molar-refractivity contribution in [3.63, 3.8) is 0 Å². The highest BCUT2D eigenvalue weighted by Gasteiger charge is 2.19. The van der Waals surface area contributed by atoms with E-state index in [0.717, 1.165) is 6.42 Å². The van der Waals surface area contributed by atoms with Crippen molar-refractivity contribution < 1.29 is 0 Å². The number of aromatic nitrogens is 1. The number of nitrogens with zero attached hydrogens (tertiary/aromatic N) is 1. The summed E-state index contributed by atoms with van der Waals surface area (Å²) in [5.41, 5.74) is 17.2. The maximum absolute atomic E-state index is 2.41. The Morgan fingerprint density at radius 2 is 0.683 bits per heavy atom. The smallest absolute Gasteiger partial charge is 0.0541 e. The molecule has 0 bridgehead atoms. The molecule has 0 radical (unpaired) electrons. The quantitative estimate of drug-likeness (QED) is 0.112. The minimum atomic E-state index is 1.01. The van der Waals surface area contributed by atoms with Gasteiger partial charge in [0.1, 0.15) is 0 Å². The van der Waals surface area contributed by atoms with Crippen LogP contribution in [0.15, 0.2) is 231 Å². The third kappa shape index (κ3) is 7.43. The van der Waals surface area contributed by atoms with E-state index in [0.29, 0.717) is 0 Å². The van der Waals surface area contributed by atoms with Gasteiger partial charge in [0.2, 0.25) is 0 Å². The van der Waals surface area contributed by atoms with E-state index in [2.05, 4.69) is 230 Å². The summed E-state index contributed by atoms with van der Waals surface area (Å²) in [7, 11) is 0. The SMILES string of the molecule is C/C=C\C.CCc1ccc2c(c1)c1cc(-c3ccc(-c4c5ccc(-c6ccccc6)cc5c(-c5ccccc5)c5ccc(-c6ccccc6)cc45)cc3)ccc1n2-c1ccccc1. The van der Waals surface area contributed by atoms with E-state index in [4.69, 9.17) is 0 Å². The highest BCUT2D eigenvalue weighted by molar-refractivity contribution is 6.22. The molecule has 0 saturated carbocycles. The second-order valence-electron chi connectivity index (χ2n) is 16.2. The lowest BCUT2D eigenvalue weighted by Gasteiger charge is -2.20.